The van der Waals surface area contributed by atoms with Gasteiger partial charge in [0.25, 0.3) is 0 Å². The summed E-state index contributed by atoms with van der Waals surface area (Å²) in [6.07, 6.45) is -0.427. The highest BCUT2D eigenvalue weighted by molar-refractivity contribution is 5.87. The van der Waals surface area contributed by atoms with Crippen LogP contribution in [-0.2, 0) is 38.1 Å². The molecule has 2 bridgehead atoms. The molecule has 4 rings (SSSR count). The lowest BCUT2D eigenvalue weighted by Gasteiger charge is -2.59. The van der Waals surface area contributed by atoms with Gasteiger partial charge in [-0.1, -0.05) is 57.7 Å². The maximum atomic E-state index is 12.9. The highest BCUT2D eigenvalue weighted by Crippen LogP contribution is 2.60. The number of rotatable bonds is 6. The number of hydrogen-bond acceptors (Lipinski definition) is 9. The van der Waals surface area contributed by atoms with Crippen LogP contribution in [0.4, 0.5) is 0 Å². The molecule has 0 unspecified atom stereocenters. The topological polar surface area (TPSA) is 125 Å². The monoisotopic (exact) mass is 608 g/mol. The summed E-state index contributed by atoms with van der Waals surface area (Å²) in [6.45, 7) is 15.9. The first-order chi connectivity index (χ1) is 20.6. The molecule has 1 aromatic carbocycles. The SMILES string of the molecule is C=C1[C@@H](OC(=O)/C=C\c2ccccc2)CC[C@@]2(C)[C@@H](OC(C)=O)[C@H](OC(C)=O)C3=C(C)[C@@H](OC(C)=O)C[C@@H]([C@H](O)[C@H]12)C3(C)C. The molecule has 1 N–H and O–H groups in total. The summed E-state index contributed by atoms with van der Waals surface area (Å²) in [4.78, 5) is 50.3. The predicted molar refractivity (Wildman–Crippen MR) is 163 cm³/mol. The van der Waals surface area contributed by atoms with Crippen molar-refractivity contribution < 1.29 is 43.2 Å². The smallest absolute Gasteiger partial charge is 0.331 e. The van der Waals surface area contributed by atoms with E-state index in [9.17, 15) is 24.3 Å². The Hall–Kier alpha value is -3.72. The number of benzene rings is 1. The third-order valence-corrected chi connectivity index (χ3v) is 9.79. The van der Waals surface area contributed by atoms with E-state index < -0.39 is 77.1 Å². The largest absolute Gasteiger partial charge is 0.458 e. The summed E-state index contributed by atoms with van der Waals surface area (Å²) in [5.74, 6) is -3.38. The molecular formula is C35H44O9. The molecule has 0 saturated heterocycles. The van der Waals surface area contributed by atoms with Crippen molar-refractivity contribution in [3.8, 4) is 0 Å². The molecule has 3 aliphatic carbocycles. The number of esters is 4. The first kappa shape index (κ1) is 33.2. The minimum absolute atomic E-state index is 0.318. The zero-order valence-corrected chi connectivity index (χ0v) is 26.6. The van der Waals surface area contributed by atoms with Crippen LogP contribution < -0.4 is 0 Å². The molecule has 1 aromatic rings. The van der Waals surface area contributed by atoms with Gasteiger partial charge in [-0.2, -0.15) is 0 Å². The fraction of sp³-hybridized carbons (Fsp3) is 0.543. The van der Waals surface area contributed by atoms with Crippen LogP contribution in [0.1, 0.15) is 73.3 Å². The van der Waals surface area contributed by atoms with E-state index in [1.165, 1.54) is 26.8 Å². The van der Waals surface area contributed by atoms with Gasteiger partial charge in [0, 0.05) is 38.2 Å². The maximum Gasteiger partial charge on any atom is 0.331 e. The van der Waals surface area contributed by atoms with E-state index in [4.69, 9.17) is 18.9 Å². The van der Waals surface area contributed by atoms with Crippen LogP contribution in [0.3, 0.4) is 0 Å². The summed E-state index contributed by atoms with van der Waals surface area (Å²) in [5, 5.41) is 12.3. The fourth-order valence-corrected chi connectivity index (χ4v) is 7.86. The third kappa shape index (κ3) is 6.39. The lowest BCUT2D eigenvalue weighted by Crippen LogP contribution is -2.63. The standard InChI is InChI=1S/C35H44O9/c1-19-26(44-28(39)15-14-24-12-10-9-11-13-24)16-17-35(8)29(19)31(40)25-18-27(41-21(3)36)20(2)30(34(25,6)7)32(42-22(4)37)33(35)43-23(5)38/h9-15,25-27,29,31-33,40H,1,16-18H2,2-8H3/b15-14-/t25-,26-,27-,29-,31-,32+,33-,35+/m0/s1. The molecule has 0 amide bonds. The minimum Gasteiger partial charge on any atom is -0.458 e. The van der Waals surface area contributed by atoms with E-state index in [0.717, 1.165) is 5.56 Å². The summed E-state index contributed by atoms with van der Waals surface area (Å²) in [6, 6.07) is 9.36. The Balaban J connectivity index is 1.81. The lowest BCUT2D eigenvalue weighted by atomic mass is 9.49. The van der Waals surface area contributed by atoms with Crippen molar-refractivity contribution in [2.75, 3.05) is 0 Å². The number of carbonyl (C=O) groups excluding carboxylic acids is 4. The number of hydrogen-bond donors (Lipinski definition) is 1. The van der Waals surface area contributed by atoms with Gasteiger partial charge in [-0.25, -0.2) is 4.79 Å². The van der Waals surface area contributed by atoms with Gasteiger partial charge in [0.15, 0.2) is 6.10 Å². The zero-order valence-electron chi connectivity index (χ0n) is 26.6. The highest BCUT2D eigenvalue weighted by Gasteiger charge is 2.63. The molecule has 3 aliphatic rings. The Bertz CT molecular complexity index is 1370. The molecule has 8 atom stereocenters. The molecule has 9 nitrogen and oxygen atoms in total. The molecule has 0 radical (unpaired) electrons. The van der Waals surface area contributed by atoms with Crippen LogP contribution in [0.25, 0.3) is 6.08 Å². The zero-order chi connectivity index (χ0) is 32.6. The van der Waals surface area contributed by atoms with E-state index in [1.807, 2.05) is 58.0 Å². The van der Waals surface area contributed by atoms with Crippen molar-refractivity contribution >= 4 is 30.0 Å². The molecule has 9 heteroatoms. The second-order valence-electron chi connectivity index (χ2n) is 13.1. The van der Waals surface area contributed by atoms with Crippen molar-refractivity contribution in [1.82, 2.24) is 0 Å². The van der Waals surface area contributed by atoms with Crippen LogP contribution in [-0.4, -0.2) is 59.5 Å². The van der Waals surface area contributed by atoms with Gasteiger partial charge < -0.3 is 24.1 Å². The molecule has 2 fully saturated rings. The van der Waals surface area contributed by atoms with Gasteiger partial charge in [0.1, 0.15) is 18.3 Å². The van der Waals surface area contributed by atoms with E-state index in [2.05, 4.69) is 6.58 Å². The molecule has 238 valence electrons. The molecule has 0 aliphatic heterocycles. The summed E-state index contributed by atoms with van der Waals surface area (Å²) in [5.41, 5.74) is 0.955. The van der Waals surface area contributed by atoms with Gasteiger partial charge in [-0.15, -0.1) is 0 Å². The van der Waals surface area contributed by atoms with Crippen LogP contribution in [0.15, 0.2) is 59.7 Å². The van der Waals surface area contributed by atoms with E-state index in [1.54, 1.807) is 6.08 Å². The maximum absolute atomic E-state index is 12.9. The Labute approximate surface area is 259 Å². The van der Waals surface area contributed by atoms with Crippen LogP contribution in [0.5, 0.6) is 0 Å². The Kier molecular flexibility index (Phi) is 9.59. The van der Waals surface area contributed by atoms with E-state index in [-0.39, 0.29) is 0 Å². The van der Waals surface area contributed by atoms with Crippen molar-refractivity contribution in [3.63, 3.8) is 0 Å². The second kappa shape index (κ2) is 12.7. The van der Waals surface area contributed by atoms with E-state index in [0.29, 0.717) is 36.0 Å². The average molecular weight is 609 g/mol. The fourth-order valence-electron chi connectivity index (χ4n) is 7.86. The van der Waals surface area contributed by atoms with Gasteiger partial charge in [0.05, 0.1) is 6.10 Å². The lowest BCUT2D eigenvalue weighted by molar-refractivity contribution is -0.198. The van der Waals surface area contributed by atoms with Crippen molar-refractivity contribution in [1.29, 1.82) is 0 Å². The molecule has 44 heavy (non-hydrogen) atoms. The summed E-state index contributed by atoms with van der Waals surface area (Å²) < 4.78 is 23.7. The first-order valence-electron chi connectivity index (χ1n) is 15.1. The molecule has 0 spiro atoms. The van der Waals surface area contributed by atoms with Gasteiger partial charge >= 0.3 is 23.9 Å². The third-order valence-electron chi connectivity index (χ3n) is 9.79. The second-order valence-corrected chi connectivity index (χ2v) is 13.1. The number of aliphatic hydroxyl groups is 1. The normalized spacial score (nSPS) is 33.0. The van der Waals surface area contributed by atoms with Crippen LogP contribution >= 0.6 is 0 Å². The van der Waals surface area contributed by atoms with Gasteiger partial charge in [-0.05, 0) is 65.9 Å². The number of carbonyl (C=O) groups is 4. The molecule has 2 saturated carbocycles. The van der Waals surface area contributed by atoms with E-state index >= 15 is 0 Å². The summed E-state index contributed by atoms with van der Waals surface area (Å²) >= 11 is 0. The number of aliphatic hydroxyl groups excluding tert-OH is 1. The van der Waals surface area contributed by atoms with Crippen molar-refractivity contribution in [3.05, 3.63) is 65.3 Å². The van der Waals surface area contributed by atoms with Crippen LogP contribution in [0.2, 0.25) is 0 Å². The molecular weight excluding hydrogens is 564 g/mol. The molecule has 0 aromatic heterocycles. The van der Waals surface area contributed by atoms with Gasteiger partial charge in [0.2, 0.25) is 0 Å². The highest BCUT2D eigenvalue weighted by atomic mass is 16.6. The van der Waals surface area contributed by atoms with Crippen molar-refractivity contribution in [2.45, 2.75) is 98.2 Å². The number of fused-ring (bicyclic) bond motifs is 3. The van der Waals surface area contributed by atoms with Crippen LogP contribution in [0, 0.1) is 22.7 Å². The Morgan fingerprint density at radius 2 is 1.52 bits per heavy atom. The quantitative estimate of drug-likeness (QED) is 0.203. The van der Waals surface area contributed by atoms with Gasteiger partial charge in [-0.3, -0.25) is 14.4 Å². The Morgan fingerprint density at radius 3 is 2.11 bits per heavy atom. The van der Waals surface area contributed by atoms with Crippen molar-refractivity contribution in [2.24, 2.45) is 22.7 Å². The predicted octanol–water partition coefficient (Wildman–Crippen LogP) is 5.12. The average Bonchev–Trinajstić information content (AvgIpc) is 2.92. The summed E-state index contributed by atoms with van der Waals surface area (Å²) in [7, 11) is 0. The number of ether oxygens (including phenoxy) is 4. The molecule has 0 heterocycles. The Morgan fingerprint density at radius 1 is 0.909 bits per heavy atom. The minimum atomic E-state index is -1.05. The first-order valence-corrected chi connectivity index (χ1v) is 15.1.